The van der Waals surface area contributed by atoms with Crippen LogP contribution in [0, 0.1) is 0 Å². The predicted octanol–water partition coefficient (Wildman–Crippen LogP) is 4.26. The van der Waals surface area contributed by atoms with Gasteiger partial charge in [-0.1, -0.05) is 20.8 Å². The Labute approximate surface area is 131 Å². The van der Waals surface area contributed by atoms with Crippen LogP contribution < -0.4 is 0 Å². The van der Waals surface area contributed by atoms with Crippen molar-refractivity contribution in [2.75, 3.05) is 0 Å². The summed E-state index contributed by atoms with van der Waals surface area (Å²) in [5.41, 5.74) is 0.613. The first kappa shape index (κ1) is 17.6. The molecule has 0 saturated heterocycles. The van der Waals surface area contributed by atoms with E-state index in [1.807, 2.05) is 6.92 Å². The number of ketones is 1. The van der Waals surface area contributed by atoms with E-state index >= 15 is 0 Å². The molecule has 6 heteroatoms. The third-order valence-corrected chi connectivity index (χ3v) is 8.83. The van der Waals surface area contributed by atoms with Crippen molar-refractivity contribution < 1.29 is 9.22 Å². The van der Waals surface area contributed by atoms with Crippen LogP contribution in [0.25, 0.3) is 0 Å². The average Bonchev–Trinajstić information content (AvgIpc) is 2.56. The van der Waals surface area contributed by atoms with Gasteiger partial charge >= 0.3 is 0 Å². The summed E-state index contributed by atoms with van der Waals surface area (Å²) in [4.78, 5) is 11.6. The van der Waals surface area contributed by atoms with Crippen molar-refractivity contribution in [1.82, 2.24) is 9.78 Å². The van der Waals surface area contributed by atoms with Gasteiger partial charge in [-0.05, 0) is 41.0 Å². The molecule has 114 valence electrons. The van der Waals surface area contributed by atoms with Crippen LogP contribution in [0.5, 0.6) is 0 Å². The van der Waals surface area contributed by atoms with E-state index in [1.165, 1.54) is 0 Å². The summed E-state index contributed by atoms with van der Waals surface area (Å²) in [7, 11) is -1.80. The Morgan fingerprint density at radius 3 is 2.50 bits per heavy atom. The van der Waals surface area contributed by atoms with E-state index in [0.29, 0.717) is 16.8 Å². The second-order valence-corrected chi connectivity index (χ2v) is 12.3. The van der Waals surface area contributed by atoms with E-state index in [4.69, 9.17) is 4.43 Å². The van der Waals surface area contributed by atoms with E-state index in [2.05, 4.69) is 54.9 Å². The molecule has 0 bridgehead atoms. The first-order valence-corrected chi connectivity index (χ1v) is 10.6. The number of hydrogen-bond acceptors (Lipinski definition) is 3. The van der Waals surface area contributed by atoms with Gasteiger partial charge in [0.1, 0.15) is 10.3 Å². The smallest absolute Gasteiger partial charge is 0.192 e. The summed E-state index contributed by atoms with van der Waals surface area (Å²) in [5.74, 6) is 0.0164. The van der Waals surface area contributed by atoms with Crippen molar-refractivity contribution in [2.45, 2.75) is 65.4 Å². The van der Waals surface area contributed by atoms with Crippen molar-refractivity contribution in [2.24, 2.45) is 0 Å². The lowest BCUT2D eigenvalue weighted by atomic mass is 10.2. The maximum atomic E-state index is 11.6. The van der Waals surface area contributed by atoms with Gasteiger partial charge in [-0.3, -0.25) is 9.48 Å². The molecular weight excluding hydrogens is 336 g/mol. The van der Waals surface area contributed by atoms with Gasteiger partial charge in [0.15, 0.2) is 14.1 Å². The molecule has 0 aromatic carbocycles. The highest BCUT2D eigenvalue weighted by molar-refractivity contribution is 9.10. The highest BCUT2D eigenvalue weighted by Gasteiger charge is 2.38. The Morgan fingerprint density at radius 1 is 1.50 bits per heavy atom. The van der Waals surface area contributed by atoms with Gasteiger partial charge < -0.3 is 4.43 Å². The van der Waals surface area contributed by atoms with Crippen LogP contribution in [-0.4, -0.2) is 30.0 Å². The Balaban J connectivity index is 2.82. The molecule has 0 radical (unpaired) electrons. The number of carbonyl (C=O) groups is 1. The van der Waals surface area contributed by atoms with Crippen molar-refractivity contribution in [3.8, 4) is 0 Å². The second kappa shape index (κ2) is 6.11. The molecule has 0 amide bonds. The molecule has 20 heavy (non-hydrogen) atoms. The predicted molar refractivity (Wildman–Crippen MR) is 87.7 cm³/mol. The number of hydrogen-bond donors (Lipinski definition) is 0. The highest BCUT2D eigenvalue weighted by Crippen LogP contribution is 2.37. The standard InChI is InChI=1S/C14H25BrN2O2Si/c1-10(19-20(6,7)14(3,4)5)9-17-12(11(2)18)8-13(15)16-17/h8,10H,9H2,1-7H3. The lowest BCUT2D eigenvalue weighted by molar-refractivity contribution is 0.0997. The van der Waals surface area contributed by atoms with E-state index in [0.717, 1.165) is 0 Å². The molecule has 0 aliphatic heterocycles. The summed E-state index contributed by atoms with van der Waals surface area (Å²) in [6.45, 7) is 15.3. The lowest BCUT2D eigenvalue weighted by Gasteiger charge is -2.38. The van der Waals surface area contributed by atoms with Crippen LogP contribution >= 0.6 is 15.9 Å². The quantitative estimate of drug-likeness (QED) is 0.581. The fourth-order valence-electron chi connectivity index (χ4n) is 1.77. The van der Waals surface area contributed by atoms with Gasteiger partial charge in [0, 0.05) is 13.0 Å². The van der Waals surface area contributed by atoms with E-state index in [1.54, 1.807) is 17.7 Å². The van der Waals surface area contributed by atoms with Crippen molar-refractivity contribution in [3.05, 3.63) is 16.4 Å². The summed E-state index contributed by atoms with van der Waals surface area (Å²) in [5, 5.41) is 4.49. The Hall–Kier alpha value is -0.463. The molecule has 0 aliphatic rings. The van der Waals surface area contributed by atoms with E-state index < -0.39 is 8.32 Å². The summed E-state index contributed by atoms with van der Waals surface area (Å²) in [6.07, 6.45) is 0.0285. The number of aromatic nitrogens is 2. The first-order valence-electron chi connectivity index (χ1n) is 6.86. The number of rotatable bonds is 5. The maximum absolute atomic E-state index is 11.6. The van der Waals surface area contributed by atoms with E-state index in [9.17, 15) is 4.79 Å². The molecular formula is C14H25BrN2O2Si. The lowest BCUT2D eigenvalue weighted by Crippen LogP contribution is -2.44. The van der Waals surface area contributed by atoms with Crippen molar-refractivity contribution in [1.29, 1.82) is 0 Å². The third-order valence-electron chi connectivity index (χ3n) is 3.84. The molecule has 0 saturated carbocycles. The van der Waals surface area contributed by atoms with Gasteiger partial charge in [-0.25, -0.2) is 0 Å². The molecule has 1 rings (SSSR count). The molecule has 1 aromatic rings. The summed E-state index contributed by atoms with van der Waals surface area (Å²) >= 11 is 3.32. The number of nitrogens with zero attached hydrogens (tertiary/aromatic N) is 2. The number of halogens is 1. The topological polar surface area (TPSA) is 44.1 Å². The number of carbonyl (C=O) groups excluding carboxylic acids is 1. The van der Waals surface area contributed by atoms with E-state index in [-0.39, 0.29) is 16.9 Å². The fraction of sp³-hybridized carbons (Fsp3) is 0.714. The molecule has 0 spiro atoms. The van der Waals surface area contributed by atoms with Gasteiger partial charge in [0.25, 0.3) is 0 Å². The zero-order chi connectivity index (χ0) is 15.7. The molecule has 0 aliphatic carbocycles. The minimum absolute atomic E-state index is 0.0164. The monoisotopic (exact) mass is 360 g/mol. The van der Waals surface area contributed by atoms with Crippen molar-refractivity contribution in [3.63, 3.8) is 0 Å². The minimum atomic E-state index is -1.80. The van der Waals surface area contributed by atoms with Crippen LogP contribution in [-0.2, 0) is 11.0 Å². The van der Waals surface area contributed by atoms with Crippen LogP contribution in [0.1, 0.15) is 45.1 Å². The molecule has 1 aromatic heterocycles. The van der Waals surface area contributed by atoms with Gasteiger partial charge in [-0.15, -0.1) is 0 Å². The second-order valence-electron chi connectivity index (χ2n) is 6.78. The molecule has 0 fully saturated rings. The minimum Gasteiger partial charge on any atom is -0.412 e. The third kappa shape index (κ3) is 4.26. The van der Waals surface area contributed by atoms with Crippen LogP contribution in [0.2, 0.25) is 18.1 Å². The van der Waals surface area contributed by atoms with Crippen LogP contribution in [0.3, 0.4) is 0 Å². The Morgan fingerprint density at radius 2 is 2.05 bits per heavy atom. The normalized spacial score (nSPS) is 14.4. The SMILES string of the molecule is CC(=O)c1cc(Br)nn1CC(C)O[Si](C)(C)C(C)(C)C. The van der Waals surface area contributed by atoms with Gasteiger partial charge in [-0.2, -0.15) is 5.10 Å². The Kier molecular flexibility index (Phi) is 5.38. The highest BCUT2D eigenvalue weighted by atomic mass is 79.9. The zero-order valence-corrected chi connectivity index (χ0v) is 16.0. The van der Waals surface area contributed by atoms with Gasteiger partial charge in [0.2, 0.25) is 0 Å². The maximum Gasteiger partial charge on any atom is 0.192 e. The molecule has 4 nitrogen and oxygen atoms in total. The summed E-state index contributed by atoms with van der Waals surface area (Å²) in [6, 6.07) is 1.75. The molecule has 0 N–H and O–H groups in total. The average molecular weight is 361 g/mol. The molecule has 1 heterocycles. The Bertz CT molecular complexity index is 492. The van der Waals surface area contributed by atoms with Gasteiger partial charge in [0.05, 0.1) is 12.6 Å². The first-order chi connectivity index (χ1) is 8.94. The zero-order valence-electron chi connectivity index (χ0n) is 13.5. The number of Topliss-reactive ketones (excluding diaryl/α,β-unsaturated/α-hetero) is 1. The molecule has 1 atom stereocenters. The van der Waals surface area contributed by atoms with Crippen LogP contribution in [0.15, 0.2) is 10.7 Å². The van der Waals surface area contributed by atoms with Crippen molar-refractivity contribution >= 4 is 30.0 Å². The largest absolute Gasteiger partial charge is 0.412 e. The summed E-state index contributed by atoms with van der Waals surface area (Å²) < 4.78 is 8.71. The van der Waals surface area contributed by atoms with Crippen LogP contribution in [0.4, 0.5) is 0 Å². The molecule has 1 unspecified atom stereocenters. The fourth-order valence-corrected chi connectivity index (χ4v) is 3.61.